The third-order valence-electron chi connectivity index (χ3n) is 4.49. The first-order chi connectivity index (χ1) is 13.8. The van der Waals surface area contributed by atoms with E-state index in [0.29, 0.717) is 23.5 Å². The molecule has 0 atom stereocenters. The summed E-state index contributed by atoms with van der Waals surface area (Å²) in [4.78, 5) is 36.3. The van der Waals surface area contributed by atoms with Gasteiger partial charge in [0.1, 0.15) is 0 Å². The van der Waals surface area contributed by atoms with Gasteiger partial charge in [0.15, 0.2) is 0 Å². The first-order valence-corrected chi connectivity index (χ1v) is 9.27. The number of nitrogens with one attached hydrogen (secondary N) is 2. The Labute approximate surface area is 169 Å². The topological polar surface area (TPSA) is 80.2 Å². The number of pyridine rings is 1. The van der Waals surface area contributed by atoms with Gasteiger partial charge in [-0.1, -0.05) is 35.9 Å². The highest BCUT2D eigenvalue weighted by molar-refractivity contribution is 6.05. The molecule has 148 valence electrons. The van der Waals surface area contributed by atoms with E-state index in [1.807, 2.05) is 44.2 Å². The maximum absolute atomic E-state index is 12.8. The number of benzene rings is 2. The molecule has 0 bridgehead atoms. The SMILES string of the molecule is CC(=O)Nc1ccc(C)c(NC(=O)c2ccc(=O)n(Cc3cccc(C)c3)c2)c1. The zero-order valence-electron chi connectivity index (χ0n) is 16.7. The van der Waals surface area contributed by atoms with Crippen LogP contribution in [-0.2, 0) is 11.3 Å². The Hall–Kier alpha value is -3.67. The van der Waals surface area contributed by atoms with Crippen molar-refractivity contribution in [3.63, 3.8) is 0 Å². The second-order valence-corrected chi connectivity index (χ2v) is 7.04. The summed E-state index contributed by atoms with van der Waals surface area (Å²) in [5, 5.41) is 5.55. The van der Waals surface area contributed by atoms with E-state index < -0.39 is 0 Å². The van der Waals surface area contributed by atoms with Gasteiger partial charge < -0.3 is 15.2 Å². The summed E-state index contributed by atoms with van der Waals surface area (Å²) in [5.74, 6) is -0.513. The van der Waals surface area contributed by atoms with E-state index in [0.717, 1.165) is 16.7 Å². The molecule has 1 aromatic heterocycles. The number of anilines is 2. The lowest BCUT2D eigenvalue weighted by molar-refractivity contribution is -0.114. The van der Waals surface area contributed by atoms with Crippen molar-refractivity contribution < 1.29 is 9.59 Å². The Morgan fingerprint density at radius 2 is 1.76 bits per heavy atom. The van der Waals surface area contributed by atoms with E-state index in [4.69, 9.17) is 0 Å². The van der Waals surface area contributed by atoms with Crippen molar-refractivity contribution in [3.05, 3.63) is 93.4 Å². The molecule has 0 aliphatic carbocycles. The number of carbonyl (C=O) groups excluding carboxylic acids is 2. The fourth-order valence-electron chi connectivity index (χ4n) is 3.03. The number of hydrogen-bond donors (Lipinski definition) is 2. The van der Waals surface area contributed by atoms with Crippen LogP contribution in [0.2, 0.25) is 0 Å². The number of carbonyl (C=O) groups is 2. The molecule has 0 aliphatic rings. The molecule has 6 heteroatoms. The van der Waals surface area contributed by atoms with Gasteiger partial charge in [-0.05, 0) is 43.2 Å². The molecular formula is C23H23N3O3. The van der Waals surface area contributed by atoms with Crippen LogP contribution in [-0.4, -0.2) is 16.4 Å². The molecule has 1 heterocycles. The van der Waals surface area contributed by atoms with Crippen LogP contribution in [0.5, 0.6) is 0 Å². The summed E-state index contributed by atoms with van der Waals surface area (Å²) in [6.45, 7) is 5.67. The lowest BCUT2D eigenvalue weighted by Gasteiger charge is -2.12. The molecule has 2 aromatic carbocycles. The van der Waals surface area contributed by atoms with Crippen molar-refractivity contribution in [3.8, 4) is 0 Å². The van der Waals surface area contributed by atoms with E-state index in [1.54, 1.807) is 18.3 Å². The predicted molar refractivity (Wildman–Crippen MR) is 114 cm³/mol. The van der Waals surface area contributed by atoms with Gasteiger partial charge in [-0.2, -0.15) is 0 Å². The van der Waals surface area contributed by atoms with Crippen molar-refractivity contribution in [1.82, 2.24) is 4.57 Å². The van der Waals surface area contributed by atoms with Crippen LogP contribution in [0.1, 0.15) is 34.0 Å². The molecule has 2 N–H and O–H groups in total. The van der Waals surface area contributed by atoms with Gasteiger partial charge in [0, 0.05) is 30.6 Å². The number of aryl methyl sites for hydroxylation is 2. The zero-order valence-corrected chi connectivity index (χ0v) is 16.7. The molecule has 6 nitrogen and oxygen atoms in total. The van der Waals surface area contributed by atoms with Crippen LogP contribution in [0.25, 0.3) is 0 Å². The number of aromatic nitrogens is 1. The monoisotopic (exact) mass is 389 g/mol. The van der Waals surface area contributed by atoms with E-state index in [1.165, 1.54) is 23.6 Å². The van der Waals surface area contributed by atoms with Crippen molar-refractivity contribution in [2.24, 2.45) is 0 Å². The fraction of sp³-hybridized carbons (Fsp3) is 0.174. The van der Waals surface area contributed by atoms with Crippen LogP contribution in [0.15, 0.2) is 65.6 Å². The molecule has 0 saturated heterocycles. The number of nitrogens with zero attached hydrogens (tertiary/aromatic N) is 1. The van der Waals surface area contributed by atoms with Crippen LogP contribution in [0, 0.1) is 13.8 Å². The summed E-state index contributed by atoms with van der Waals surface area (Å²) in [6.07, 6.45) is 1.56. The van der Waals surface area contributed by atoms with Crippen LogP contribution in [0.4, 0.5) is 11.4 Å². The molecule has 2 amide bonds. The van der Waals surface area contributed by atoms with Crippen LogP contribution >= 0.6 is 0 Å². The van der Waals surface area contributed by atoms with Crippen molar-refractivity contribution in [1.29, 1.82) is 0 Å². The third-order valence-corrected chi connectivity index (χ3v) is 4.49. The molecule has 0 fully saturated rings. The fourth-order valence-corrected chi connectivity index (χ4v) is 3.03. The standard InChI is InChI=1S/C23H23N3O3/c1-15-5-4-6-18(11-15)13-26-14-19(8-10-22(26)28)23(29)25-21-12-20(24-17(3)27)9-7-16(21)2/h4-12,14H,13H2,1-3H3,(H,24,27)(H,25,29). The average Bonchev–Trinajstić information content (AvgIpc) is 2.66. The van der Waals surface area contributed by atoms with Gasteiger partial charge in [-0.3, -0.25) is 14.4 Å². The third kappa shape index (κ3) is 5.19. The molecule has 3 aromatic rings. The average molecular weight is 389 g/mol. The summed E-state index contributed by atoms with van der Waals surface area (Å²) < 4.78 is 1.52. The van der Waals surface area contributed by atoms with Gasteiger partial charge in [-0.25, -0.2) is 0 Å². The van der Waals surface area contributed by atoms with Crippen molar-refractivity contribution in [2.75, 3.05) is 10.6 Å². The predicted octanol–water partition coefficient (Wildman–Crippen LogP) is 3.72. The minimum Gasteiger partial charge on any atom is -0.326 e. The lowest BCUT2D eigenvalue weighted by Crippen LogP contribution is -2.22. The summed E-state index contributed by atoms with van der Waals surface area (Å²) in [7, 11) is 0. The van der Waals surface area contributed by atoms with Gasteiger partial charge in [0.25, 0.3) is 11.5 Å². The largest absolute Gasteiger partial charge is 0.326 e. The van der Waals surface area contributed by atoms with E-state index >= 15 is 0 Å². The van der Waals surface area contributed by atoms with E-state index in [2.05, 4.69) is 10.6 Å². The summed E-state index contributed by atoms with van der Waals surface area (Å²) >= 11 is 0. The molecule has 0 radical (unpaired) electrons. The molecule has 0 spiro atoms. The number of hydrogen-bond acceptors (Lipinski definition) is 3. The normalized spacial score (nSPS) is 10.4. The number of amides is 2. The molecule has 29 heavy (non-hydrogen) atoms. The quantitative estimate of drug-likeness (QED) is 0.698. The highest BCUT2D eigenvalue weighted by Crippen LogP contribution is 2.21. The Morgan fingerprint density at radius 3 is 2.48 bits per heavy atom. The number of rotatable bonds is 5. The Morgan fingerprint density at radius 1 is 0.966 bits per heavy atom. The summed E-state index contributed by atoms with van der Waals surface area (Å²) in [5.41, 5.74) is 4.36. The minimum atomic E-state index is -0.328. The van der Waals surface area contributed by atoms with E-state index in [-0.39, 0.29) is 17.4 Å². The maximum atomic E-state index is 12.8. The smallest absolute Gasteiger partial charge is 0.257 e. The summed E-state index contributed by atoms with van der Waals surface area (Å²) in [6, 6.07) is 16.1. The highest BCUT2D eigenvalue weighted by atomic mass is 16.2. The maximum Gasteiger partial charge on any atom is 0.257 e. The second-order valence-electron chi connectivity index (χ2n) is 7.04. The Bertz CT molecular complexity index is 1130. The lowest BCUT2D eigenvalue weighted by atomic mass is 10.1. The van der Waals surface area contributed by atoms with Gasteiger partial charge in [0.2, 0.25) is 5.91 Å². The highest BCUT2D eigenvalue weighted by Gasteiger charge is 2.11. The van der Waals surface area contributed by atoms with Crippen molar-refractivity contribution in [2.45, 2.75) is 27.3 Å². The first kappa shape index (κ1) is 20.1. The van der Waals surface area contributed by atoms with Crippen LogP contribution < -0.4 is 16.2 Å². The minimum absolute atomic E-state index is 0.174. The first-order valence-electron chi connectivity index (χ1n) is 9.27. The van der Waals surface area contributed by atoms with Gasteiger partial charge in [-0.15, -0.1) is 0 Å². The molecular weight excluding hydrogens is 366 g/mol. The second kappa shape index (κ2) is 8.56. The van der Waals surface area contributed by atoms with Crippen molar-refractivity contribution >= 4 is 23.2 Å². The zero-order chi connectivity index (χ0) is 21.0. The van der Waals surface area contributed by atoms with Gasteiger partial charge >= 0.3 is 0 Å². The Kier molecular flexibility index (Phi) is 5.93. The van der Waals surface area contributed by atoms with Crippen LogP contribution in [0.3, 0.4) is 0 Å². The Balaban J connectivity index is 1.83. The molecule has 0 unspecified atom stereocenters. The molecule has 0 aliphatic heterocycles. The van der Waals surface area contributed by atoms with E-state index in [9.17, 15) is 14.4 Å². The van der Waals surface area contributed by atoms with Gasteiger partial charge in [0.05, 0.1) is 12.1 Å². The molecule has 3 rings (SSSR count). The molecule has 0 saturated carbocycles.